The number of aryl methyl sites for hydroxylation is 2. The Labute approximate surface area is 169 Å². The van der Waals surface area contributed by atoms with Gasteiger partial charge in [-0.2, -0.15) is 0 Å². The van der Waals surface area contributed by atoms with E-state index in [-0.39, 0.29) is 36.0 Å². The highest BCUT2D eigenvalue weighted by Crippen LogP contribution is 2.25. The van der Waals surface area contributed by atoms with Crippen molar-refractivity contribution in [1.29, 1.82) is 0 Å². The van der Waals surface area contributed by atoms with E-state index in [2.05, 4.69) is 25.8 Å². The largest absolute Gasteiger partial charge is 0.441 e. The van der Waals surface area contributed by atoms with Gasteiger partial charge in [-0.15, -0.1) is 5.10 Å². The van der Waals surface area contributed by atoms with Crippen LogP contribution in [-0.2, 0) is 11.2 Å². The molecular formula is C20H16F2N6O2. The van der Waals surface area contributed by atoms with E-state index in [0.29, 0.717) is 11.4 Å². The number of tetrazole rings is 1. The van der Waals surface area contributed by atoms with Crippen molar-refractivity contribution in [2.45, 2.75) is 19.8 Å². The van der Waals surface area contributed by atoms with Gasteiger partial charge in [0.15, 0.2) is 11.7 Å². The molecule has 0 aliphatic rings. The van der Waals surface area contributed by atoms with Crippen LogP contribution in [0, 0.1) is 18.6 Å². The average Bonchev–Trinajstić information content (AvgIpc) is 3.40. The second kappa shape index (κ2) is 8.19. The Bertz CT molecular complexity index is 1190. The van der Waals surface area contributed by atoms with Crippen molar-refractivity contribution >= 4 is 11.6 Å². The number of hydrogen-bond donors (Lipinski definition) is 1. The molecular weight excluding hydrogens is 394 g/mol. The zero-order valence-electron chi connectivity index (χ0n) is 15.8. The minimum absolute atomic E-state index is 0.106. The summed E-state index contributed by atoms with van der Waals surface area (Å²) in [6.07, 6.45) is 3.14. The zero-order valence-corrected chi connectivity index (χ0v) is 15.8. The van der Waals surface area contributed by atoms with Gasteiger partial charge < -0.3 is 9.73 Å². The number of oxazole rings is 1. The number of carbonyl (C=O) groups is 1. The number of hydrogen-bond acceptors (Lipinski definition) is 6. The molecule has 8 nitrogen and oxygen atoms in total. The van der Waals surface area contributed by atoms with Crippen LogP contribution in [-0.4, -0.2) is 31.1 Å². The van der Waals surface area contributed by atoms with Gasteiger partial charge in [0.2, 0.25) is 5.91 Å². The Morgan fingerprint density at radius 1 is 1.20 bits per heavy atom. The van der Waals surface area contributed by atoms with Crippen molar-refractivity contribution in [3.05, 3.63) is 72.0 Å². The quantitative estimate of drug-likeness (QED) is 0.523. The highest BCUT2D eigenvalue weighted by molar-refractivity contribution is 5.91. The van der Waals surface area contributed by atoms with Gasteiger partial charge in [-0.1, -0.05) is 6.07 Å². The van der Waals surface area contributed by atoms with E-state index < -0.39 is 11.6 Å². The summed E-state index contributed by atoms with van der Waals surface area (Å²) in [5.41, 5.74) is 2.33. The molecule has 1 N–H and O–H groups in total. The molecule has 0 radical (unpaired) electrons. The lowest BCUT2D eigenvalue weighted by atomic mass is 10.1. The van der Waals surface area contributed by atoms with Gasteiger partial charge >= 0.3 is 0 Å². The highest BCUT2D eigenvalue weighted by Gasteiger charge is 2.14. The summed E-state index contributed by atoms with van der Waals surface area (Å²) in [5, 5.41) is 13.9. The van der Waals surface area contributed by atoms with Crippen LogP contribution in [0.25, 0.3) is 17.0 Å². The van der Waals surface area contributed by atoms with Crippen molar-refractivity contribution in [2.75, 3.05) is 5.32 Å². The van der Waals surface area contributed by atoms with Crippen LogP contribution >= 0.6 is 0 Å². The van der Waals surface area contributed by atoms with E-state index in [0.717, 1.165) is 17.7 Å². The molecule has 1 amide bonds. The van der Waals surface area contributed by atoms with Gasteiger partial charge in [-0.3, -0.25) is 4.79 Å². The minimum atomic E-state index is -0.742. The molecule has 2 heterocycles. The van der Waals surface area contributed by atoms with E-state index in [1.165, 1.54) is 23.3 Å². The van der Waals surface area contributed by atoms with E-state index in [1.54, 1.807) is 6.07 Å². The fraction of sp³-hybridized carbons (Fsp3) is 0.150. The number of nitrogens with one attached hydrogen (secondary N) is 1. The van der Waals surface area contributed by atoms with Crippen molar-refractivity contribution in [3.63, 3.8) is 0 Å². The molecule has 10 heteroatoms. The van der Waals surface area contributed by atoms with E-state index in [4.69, 9.17) is 4.42 Å². The Morgan fingerprint density at radius 2 is 2.07 bits per heavy atom. The Balaban J connectivity index is 1.40. The summed E-state index contributed by atoms with van der Waals surface area (Å²) in [5.74, 6) is -1.20. The van der Waals surface area contributed by atoms with E-state index in [1.807, 2.05) is 19.1 Å². The molecule has 2 aromatic heterocycles. The number of benzene rings is 2. The van der Waals surface area contributed by atoms with Crippen molar-refractivity contribution < 1.29 is 18.0 Å². The first-order chi connectivity index (χ1) is 14.5. The van der Waals surface area contributed by atoms with E-state index >= 15 is 0 Å². The lowest BCUT2D eigenvalue weighted by molar-refractivity contribution is -0.116. The van der Waals surface area contributed by atoms with Crippen LogP contribution < -0.4 is 5.32 Å². The molecule has 0 fully saturated rings. The predicted octanol–water partition coefficient (Wildman–Crippen LogP) is 3.48. The molecule has 0 aliphatic heterocycles. The predicted molar refractivity (Wildman–Crippen MR) is 103 cm³/mol. The number of amides is 1. The number of aromatic nitrogens is 5. The summed E-state index contributed by atoms with van der Waals surface area (Å²) in [6.45, 7) is 1.87. The monoisotopic (exact) mass is 410 g/mol. The van der Waals surface area contributed by atoms with Crippen LogP contribution in [0.3, 0.4) is 0 Å². The molecule has 152 valence electrons. The molecule has 4 rings (SSSR count). The SMILES string of the molecule is Cc1ccc(-n2cnnn2)cc1NC(=O)CCc1ncc(-c2ccc(F)cc2F)o1. The van der Waals surface area contributed by atoms with Crippen LogP contribution in [0.4, 0.5) is 14.5 Å². The van der Waals surface area contributed by atoms with Gasteiger partial charge in [0.1, 0.15) is 18.0 Å². The van der Waals surface area contributed by atoms with Gasteiger partial charge in [0.25, 0.3) is 0 Å². The third-order valence-electron chi connectivity index (χ3n) is 4.42. The summed E-state index contributed by atoms with van der Waals surface area (Å²) in [6, 6.07) is 8.65. The maximum atomic E-state index is 13.9. The Kier molecular flexibility index (Phi) is 5.29. The second-order valence-electron chi connectivity index (χ2n) is 6.54. The summed E-state index contributed by atoms with van der Waals surface area (Å²) >= 11 is 0. The molecule has 0 saturated heterocycles. The average molecular weight is 410 g/mol. The topological polar surface area (TPSA) is 98.7 Å². The first-order valence-corrected chi connectivity index (χ1v) is 9.03. The maximum Gasteiger partial charge on any atom is 0.224 e. The summed E-state index contributed by atoms with van der Waals surface area (Å²) in [4.78, 5) is 16.4. The number of nitrogens with zero attached hydrogens (tertiary/aromatic N) is 5. The maximum absolute atomic E-state index is 13.9. The van der Waals surface area contributed by atoms with Gasteiger partial charge in [-0.25, -0.2) is 18.4 Å². The van der Waals surface area contributed by atoms with Crippen molar-refractivity contribution in [2.24, 2.45) is 0 Å². The number of halogens is 2. The summed E-state index contributed by atoms with van der Waals surface area (Å²) < 4.78 is 33.9. The number of rotatable bonds is 6. The van der Waals surface area contributed by atoms with Crippen LogP contribution in [0.1, 0.15) is 17.9 Å². The number of anilines is 1. The van der Waals surface area contributed by atoms with Crippen molar-refractivity contribution in [3.8, 4) is 17.0 Å². The molecule has 0 aliphatic carbocycles. The van der Waals surface area contributed by atoms with Crippen LogP contribution in [0.2, 0.25) is 0 Å². The standard InChI is InChI=1S/C20H16F2N6O2/c1-12-2-4-14(28-11-24-26-27-28)9-17(12)25-19(29)6-7-20-23-10-18(30-20)15-5-3-13(21)8-16(15)22/h2-5,8-11H,6-7H2,1H3,(H,25,29). The molecule has 0 unspecified atom stereocenters. The molecule has 0 saturated carbocycles. The van der Waals surface area contributed by atoms with Crippen LogP contribution in [0.5, 0.6) is 0 Å². The number of carbonyl (C=O) groups excluding carboxylic acids is 1. The Hall–Kier alpha value is -3.95. The minimum Gasteiger partial charge on any atom is -0.441 e. The molecule has 0 bridgehead atoms. The normalized spacial score (nSPS) is 10.9. The Morgan fingerprint density at radius 3 is 2.83 bits per heavy atom. The summed E-state index contributed by atoms with van der Waals surface area (Å²) in [7, 11) is 0. The lowest BCUT2D eigenvalue weighted by Gasteiger charge is -2.10. The highest BCUT2D eigenvalue weighted by atomic mass is 19.1. The van der Waals surface area contributed by atoms with E-state index in [9.17, 15) is 13.6 Å². The molecule has 0 atom stereocenters. The van der Waals surface area contributed by atoms with Crippen molar-refractivity contribution in [1.82, 2.24) is 25.2 Å². The second-order valence-corrected chi connectivity index (χ2v) is 6.54. The van der Waals surface area contributed by atoms with Gasteiger partial charge in [-0.05, 0) is 47.2 Å². The molecule has 30 heavy (non-hydrogen) atoms. The fourth-order valence-corrected chi connectivity index (χ4v) is 2.84. The van der Waals surface area contributed by atoms with Gasteiger partial charge in [0.05, 0.1) is 17.4 Å². The molecule has 0 spiro atoms. The third-order valence-corrected chi connectivity index (χ3v) is 4.42. The smallest absolute Gasteiger partial charge is 0.224 e. The zero-order chi connectivity index (χ0) is 21.1. The molecule has 4 aromatic rings. The molecule has 2 aromatic carbocycles. The fourth-order valence-electron chi connectivity index (χ4n) is 2.84. The third kappa shape index (κ3) is 4.22. The van der Waals surface area contributed by atoms with Gasteiger partial charge in [0, 0.05) is 24.6 Å². The first-order valence-electron chi connectivity index (χ1n) is 9.03. The van der Waals surface area contributed by atoms with Crippen LogP contribution in [0.15, 0.2) is 53.3 Å². The lowest BCUT2D eigenvalue weighted by Crippen LogP contribution is -2.13. The first kappa shape index (κ1) is 19.4.